The molecule has 0 aliphatic rings. The maximum absolute atomic E-state index is 11.9. The van der Waals surface area contributed by atoms with Gasteiger partial charge >= 0.3 is 0 Å². The number of halogens is 1. The molecule has 0 fully saturated rings. The van der Waals surface area contributed by atoms with Crippen LogP contribution < -0.4 is 10.1 Å². The topological polar surface area (TPSA) is 38.3 Å². The van der Waals surface area contributed by atoms with Crippen LogP contribution in [0.3, 0.4) is 0 Å². The Bertz CT molecular complexity index is 424. The molecular formula is C14H20BrNO2. The molecule has 0 atom stereocenters. The van der Waals surface area contributed by atoms with Crippen LogP contribution in [0.25, 0.3) is 0 Å². The molecule has 0 bridgehead atoms. The molecule has 1 aromatic carbocycles. The van der Waals surface area contributed by atoms with Crippen LogP contribution in [0, 0.1) is 5.41 Å². The third kappa shape index (κ3) is 4.69. The van der Waals surface area contributed by atoms with E-state index in [4.69, 9.17) is 4.74 Å². The number of carbonyl (C=O) groups is 1. The SMILES string of the molecule is COc1ccc(C(=O)NCCC(C)(C)C)cc1Br. The number of benzene rings is 1. The molecule has 0 spiro atoms. The highest BCUT2D eigenvalue weighted by Gasteiger charge is 2.12. The van der Waals surface area contributed by atoms with Crippen molar-refractivity contribution in [3.8, 4) is 5.75 Å². The number of methoxy groups -OCH3 is 1. The van der Waals surface area contributed by atoms with Crippen LogP contribution in [0.2, 0.25) is 0 Å². The lowest BCUT2D eigenvalue weighted by atomic mass is 9.92. The first-order valence-electron chi connectivity index (χ1n) is 5.95. The number of rotatable bonds is 4. The number of hydrogen-bond donors (Lipinski definition) is 1. The Morgan fingerprint density at radius 3 is 2.56 bits per heavy atom. The molecule has 0 saturated heterocycles. The standard InChI is InChI=1S/C14H20BrNO2/c1-14(2,3)7-8-16-13(17)10-5-6-12(18-4)11(15)9-10/h5-6,9H,7-8H2,1-4H3,(H,16,17). The number of hydrogen-bond acceptors (Lipinski definition) is 2. The van der Waals surface area contributed by atoms with Crippen molar-refractivity contribution in [2.45, 2.75) is 27.2 Å². The molecule has 4 heteroatoms. The highest BCUT2D eigenvalue weighted by molar-refractivity contribution is 9.10. The Morgan fingerprint density at radius 2 is 2.06 bits per heavy atom. The summed E-state index contributed by atoms with van der Waals surface area (Å²) in [7, 11) is 1.60. The Kier molecular flexibility index (Phi) is 5.20. The minimum atomic E-state index is -0.0531. The average molecular weight is 314 g/mol. The van der Waals surface area contributed by atoms with Gasteiger partial charge < -0.3 is 10.1 Å². The first-order chi connectivity index (χ1) is 8.33. The Labute approximate surface area is 117 Å². The van der Waals surface area contributed by atoms with Gasteiger partial charge in [0.2, 0.25) is 0 Å². The van der Waals surface area contributed by atoms with Gasteiger partial charge in [0.05, 0.1) is 11.6 Å². The zero-order chi connectivity index (χ0) is 13.8. The van der Waals surface area contributed by atoms with Gasteiger partial charge in [-0.25, -0.2) is 0 Å². The maximum Gasteiger partial charge on any atom is 0.251 e. The van der Waals surface area contributed by atoms with E-state index in [-0.39, 0.29) is 11.3 Å². The number of ether oxygens (including phenoxy) is 1. The van der Waals surface area contributed by atoms with E-state index in [1.807, 2.05) is 0 Å². The van der Waals surface area contributed by atoms with Crippen molar-refractivity contribution >= 4 is 21.8 Å². The highest BCUT2D eigenvalue weighted by Crippen LogP contribution is 2.25. The molecule has 0 aromatic heterocycles. The molecule has 100 valence electrons. The van der Waals surface area contributed by atoms with Crippen molar-refractivity contribution in [3.05, 3.63) is 28.2 Å². The van der Waals surface area contributed by atoms with Gasteiger partial charge in [0, 0.05) is 12.1 Å². The van der Waals surface area contributed by atoms with Crippen LogP contribution in [0.5, 0.6) is 5.75 Å². The summed E-state index contributed by atoms with van der Waals surface area (Å²) in [5.74, 6) is 0.670. The van der Waals surface area contributed by atoms with Crippen LogP contribution in [0.15, 0.2) is 22.7 Å². The molecule has 0 radical (unpaired) electrons. The normalized spacial score (nSPS) is 11.2. The largest absolute Gasteiger partial charge is 0.496 e. The van der Waals surface area contributed by atoms with E-state index >= 15 is 0 Å². The van der Waals surface area contributed by atoms with E-state index in [1.54, 1.807) is 25.3 Å². The van der Waals surface area contributed by atoms with E-state index in [2.05, 4.69) is 42.0 Å². The molecule has 1 N–H and O–H groups in total. The zero-order valence-corrected chi connectivity index (χ0v) is 12.9. The zero-order valence-electron chi connectivity index (χ0n) is 11.3. The highest BCUT2D eigenvalue weighted by atomic mass is 79.9. The van der Waals surface area contributed by atoms with Crippen LogP contribution in [-0.4, -0.2) is 19.6 Å². The summed E-state index contributed by atoms with van der Waals surface area (Å²) < 4.78 is 5.91. The van der Waals surface area contributed by atoms with Gasteiger partial charge in [0.1, 0.15) is 5.75 Å². The second-order valence-corrected chi connectivity index (χ2v) is 6.27. The van der Waals surface area contributed by atoms with Crippen LogP contribution in [0.4, 0.5) is 0 Å². The van der Waals surface area contributed by atoms with Crippen molar-refractivity contribution in [3.63, 3.8) is 0 Å². The van der Waals surface area contributed by atoms with E-state index in [0.29, 0.717) is 12.1 Å². The Morgan fingerprint density at radius 1 is 1.39 bits per heavy atom. The maximum atomic E-state index is 11.9. The fourth-order valence-corrected chi connectivity index (χ4v) is 2.00. The molecule has 3 nitrogen and oxygen atoms in total. The summed E-state index contributed by atoms with van der Waals surface area (Å²) in [5.41, 5.74) is 0.866. The van der Waals surface area contributed by atoms with Gasteiger partial charge in [-0.2, -0.15) is 0 Å². The second-order valence-electron chi connectivity index (χ2n) is 5.42. The van der Waals surface area contributed by atoms with Crippen molar-refractivity contribution in [1.82, 2.24) is 5.32 Å². The van der Waals surface area contributed by atoms with E-state index in [9.17, 15) is 4.79 Å². The number of amides is 1. The van der Waals surface area contributed by atoms with Crippen LogP contribution >= 0.6 is 15.9 Å². The van der Waals surface area contributed by atoms with Crippen molar-refractivity contribution < 1.29 is 9.53 Å². The molecule has 1 rings (SSSR count). The Balaban J connectivity index is 2.59. The fraction of sp³-hybridized carbons (Fsp3) is 0.500. The molecule has 1 aromatic rings. The van der Waals surface area contributed by atoms with Crippen molar-refractivity contribution in [2.24, 2.45) is 5.41 Å². The summed E-state index contributed by atoms with van der Waals surface area (Å²) in [6.45, 7) is 7.15. The first-order valence-corrected chi connectivity index (χ1v) is 6.74. The molecule has 0 saturated carbocycles. The molecule has 1 amide bonds. The van der Waals surface area contributed by atoms with Crippen LogP contribution in [-0.2, 0) is 0 Å². The van der Waals surface area contributed by atoms with Gasteiger partial charge in [0.15, 0.2) is 0 Å². The van der Waals surface area contributed by atoms with Gasteiger partial charge in [0.25, 0.3) is 5.91 Å². The predicted octanol–water partition coefficient (Wildman–Crippen LogP) is 3.62. The monoisotopic (exact) mass is 313 g/mol. The number of carbonyl (C=O) groups excluding carboxylic acids is 1. The van der Waals surface area contributed by atoms with E-state index in [1.165, 1.54) is 0 Å². The minimum absolute atomic E-state index is 0.0531. The average Bonchev–Trinajstić information content (AvgIpc) is 2.27. The summed E-state index contributed by atoms with van der Waals surface area (Å²) in [5, 5.41) is 2.92. The van der Waals surface area contributed by atoms with Crippen LogP contribution in [0.1, 0.15) is 37.6 Å². The van der Waals surface area contributed by atoms with Gasteiger partial charge in [-0.05, 0) is 46.0 Å². The molecule has 0 heterocycles. The summed E-state index contributed by atoms with van der Waals surface area (Å²) >= 11 is 3.37. The molecular weight excluding hydrogens is 294 g/mol. The molecule has 0 unspecified atom stereocenters. The predicted molar refractivity (Wildman–Crippen MR) is 77.1 cm³/mol. The third-order valence-electron chi connectivity index (χ3n) is 2.57. The fourth-order valence-electron chi connectivity index (χ4n) is 1.46. The number of nitrogens with one attached hydrogen (secondary N) is 1. The summed E-state index contributed by atoms with van der Waals surface area (Å²) in [4.78, 5) is 11.9. The second kappa shape index (κ2) is 6.23. The smallest absolute Gasteiger partial charge is 0.251 e. The van der Waals surface area contributed by atoms with Gasteiger partial charge in [-0.15, -0.1) is 0 Å². The Hall–Kier alpha value is -1.03. The third-order valence-corrected chi connectivity index (χ3v) is 3.19. The van der Waals surface area contributed by atoms with Gasteiger partial charge in [-0.1, -0.05) is 20.8 Å². The molecule has 0 aliphatic heterocycles. The first kappa shape index (κ1) is 15.0. The van der Waals surface area contributed by atoms with Gasteiger partial charge in [-0.3, -0.25) is 4.79 Å². The quantitative estimate of drug-likeness (QED) is 0.922. The van der Waals surface area contributed by atoms with E-state index in [0.717, 1.165) is 16.6 Å². The van der Waals surface area contributed by atoms with Crippen molar-refractivity contribution in [1.29, 1.82) is 0 Å². The van der Waals surface area contributed by atoms with E-state index < -0.39 is 0 Å². The summed E-state index contributed by atoms with van der Waals surface area (Å²) in [6.07, 6.45) is 0.954. The van der Waals surface area contributed by atoms with Crippen molar-refractivity contribution in [2.75, 3.05) is 13.7 Å². The lowest BCUT2D eigenvalue weighted by Gasteiger charge is -2.18. The minimum Gasteiger partial charge on any atom is -0.496 e. The molecule has 18 heavy (non-hydrogen) atoms. The lowest BCUT2D eigenvalue weighted by molar-refractivity contribution is 0.0949. The molecule has 0 aliphatic carbocycles. The lowest BCUT2D eigenvalue weighted by Crippen LogP contribution is -2.27. The summed E-state index contributed by atoms with van der Waals surface area (Å²) in [6, 6.07) is 5.31.